The number of hydrogen-bond donors (Lipinski definition) is 1. The van der Waals surface area contributed by atoms with E-state index in [1.54, 1.807) is 17.5 Å². The van der Waals surface area contributed by atoms with E-state index >= 15 is 0 Å². The van der Waals surface area contributed by atoms with Gasteiger partial charge in [0.2, 0.25) is 0 Å². The second kappa shape index (κ2) is 6.20. The molecule has 6 heteroatoms. The Morgan fingerprint density at radius 2 is 1.96 bits per heavy atom. The van der Waals surface area contributed by atoms with Crippen LogP contribution >= 0.6 is 11.3 Å². The van der Waals surface area contributed by atoms with Gasteiger partial charge in [-0.05, 0) is 45.0 Å². The predicted molar refractivity (Wildman–Crippen MR) is 96.2 cm³/mol. The van der Waals surface area contributed by atoms with E-state index in [2.05, 4.69) is 9.97 Å². The highest BCUT2D eigenvalue weighted by molar-refractivity contribution is 7.21. The Bertz CT molecular complexity index is 833. The first kappa shape index (κ1) is 16.4. The van der Waals surface area contributed by atoms with E-state index in [0.717, 1.165) is 26.5 Å². The highest BCUT2D eigenvalue weighted by Crippen LogP contribution is 2.29. The molecule has 0 aliphatic heterocycles. The number of carboxylic acid groups (broad SMARTS) is 1. The Labute approximate surface area is 144 Å². The van der Waals surface area contributed by atoms with Crippen LogP contribution in [-0.2, 0) is 6.54 Å². The zero-order valence-corrected chi connectivity index (χ0v) is 14.7. The summed E-state index contributed by atoms with van der Waals surface area (Å²) in [7, 11) is 0. The Morgan fingerprint density at radius 1 is 1.21 bits per heavy atom. The van der Waals surface area contributed by atoms with Crippen molar-refractivity contribution >= 4 is 27.6 Å². The number of benzene rings is 1. The lowest BCUT2D eigenvalue weighted by Gasteiger charge is -2.32. The maximum atomic E-state index is 11.4. The Morgan fingerprint density at radius 3 is 2.54 bits per heavy atom. The molecule has 1 N–H and O–H groups in total. The minimum atomic E-state index is -0.945. The first-order valence-electron chi connectivity index (χ1n) is 7.66. The molecular formula is C18H19N3O2S. The zero-order valence-electron chi connectivity index (χ0n) is 13.9. The highest BCUT2D eigenvalue weighted by atomic mass is 32.1. The molecule has 0 aliphatic carbocycles. The molecule has 0 aliphatic rings. The molecule has 5 nitrogen and oxygen atoms in total. The Balaban J connectivity index is 1.83. The average molecular weight is 341 g/mol. The fraction of sp³-hybridized carbons (Fsp3) is 0.278. The number of hydrogen-bond acceptors (Lipinski definition) is 4. The molecule has 0 spiro atoms. The van der Waals surface area contributed by atoms with Gasteiger partial charge in [-0.15, -0.1) is 11.3 Å². The molecule has 0 unspecified atom stereocenters. The number of carbonyl (C=O) groups is 1. The quantitative estimate of drug-likeness (QED) is 0.754. The van der Waals surface area contributed by atoms with Crippen LogP contribution in [-0.4, -0.2) is 31.6 Å². The van der Waals surface area contributed by atoms with Crippen LogP contribution in [0.25, 0.3) is 20.8 Å². The molecule has 2 aromatic heterocycles. The maximum Gasteiger partial charge on any atom is 0.408 e. The largest absolute Gasteiger partial charge is 0.465 e. The number of amides is 1. The lowest BCUT2D eigenvalue weighted by Crippen LogP contribution is -2.44. The van der Waals surface area contributed by atoms with Gasteiger partial charge in [0.05, 0.1) is 22.5 Å². The molecule has 0 radical (unpaired) electrons. The third-order valence-electron chi connectivity index (χ3n) is 3.73. The van der Waals surface area contributed by atoms with E-state index in [0.29, 0.717) is 0 Å². The van der Waals surface area contributed by atoms with Gasteiger partial charge in [-0.3, -0.25) is 9.88 Å². The summed E-state index contributed by atoms with van der Waals surface area (Å²) < 4.78 is 1.14. The third-order valence-corrected chi connectivity index (χ3v) is 4.81. The van der Waals surface area contributed by atoms with Crippen molar-refractivity contribution in [2.24, 2.45) is 0 Å². The second-order valence-electron chi connectivity index (χ2n) is 6.56. The topological polar surface area (TPSA) is 66.3 Å². The molecule has 0 atom stereocenters. The van der Waals surface area contributed by atoms with E-state index < -0.39 is 11.6 Å². The van der Waals surface area contributed by atoms with Crippen molar-refractivity contribution in [3.05, 3.63) is 48.3 Å². The number of fused-ring (bicyclic) bond motifs is 1. The van der Waals surface area contributed by atoms with E-state index in [-0.39, 0.29) is 6.54 Å². The molecule has 124 valence electrons. The Hall–Kier alpha value is -2.47. The first-order chi connectivity index (χ1) is 11.3. The maximum absolute atomic E-state index is 11.4. The molecule has 2 heterocycles. The number of pyridine rings is 1. The lowest BCUT2D eigenvalue weighted by atomic mass is 10.1. The smallest absolute Gasteiger partial charge is 0.408 e. The SMILES string of the molecule is CC(C)(C)N(Cc1ccc(-c2nc3ccccc3s2)cn1)C(=O)O. The molecule has 1 aromatic carbocycles. The van der Waals surface area contributed by atoms with Gasteiger partial charge in [-0.25, -0.2) is 9.78 Å². The standard InChI is InChI=1S/C18H19N3O2S/c1-18(2,3)21(17(22)23)11-13-9-8-12(10-19-13)16-20-14-6-4-5-7-15(14)24-16/h4-10H,11H2,1-3H3,(H,22,23). The van der Waals surface area contributed by atoms with Crippen LogP contribution in [0.1, 0.15) is 26.5 Å². The summed E-state index contributed by atoms with van der Waals surface area (Å²) in [6.45, 7) is 5.88. The number of nitrogens with zero attached hydrogens (tertiary/aromatic N) is 3. The zero-order chi connectivity index (χ0) is 17.3. The molecule has 3 rings (SSSR count). The van der Waals surface area contributed by atoms with Crippen molar-refractivity contribution in [2.75, 3.05) is 0 Å². The van der Waals surface area contributed by atoms with Crippen LogP contribution in [0.4, 0.5) is 4.79 Å². The van der Waals surface area contributed by atoms with Crippen molar-refractivity contribution in [1.82, 2.24) is 14.9 Å². The van der Waals surface area contributed by atoms with Crippen molar-refractivity contribution in [3.8, 4) is 10.6 Å². The Kier molecular flexibility index (Phi) is 4.24. The highest BCUT2D eigenvalue weighted by Gasteiger charge is 2.26. The number of rotatable bonds is 3. The van der Waals surface area contributed by atoms with Gasteiger partial charge in [0.1, 0.15) is 5.01 Å². The molecule has 0 saturated heterocycles. The van der Waals surface area contributed by atoms with Crippen molar-refractivity contribution in [2.45, 2.75) is 32.9 Å². The minimum Gasteiger partial charge on any atom is -0.465 e. The second-order valence-corrected chi connectivity index (χ2v) is 7.60. The van der Waals surface area contributed by atoms with Gasteiger partial charge in [0.15, 0.2) is 0 Å². The third kappa shape index (κ3) is 3.38. The van der Waals surface area contributed by atoms with Crippen LogP contribution in [0.15, 0.2) is 42.6 Å². The van der Waals surface area contributed by atoms with E-state index in [4.69, 9.17) is 0 Å². The first-order valence-corrected chi connectivity index (χ1v) is 8.48. The van der Waals surface area contributed by atoms with Crippen molar-refractivity contribution < 1.29 is 9.90 Å². The molecular weight excluding hydrogens is 322 g/mol. The van der Waals surface area contributed by atoms with Crippen LogP contribution in [0, 0.1) is 0 Å². The number of para-hydroxylation sites is 1. The van der Waals surface area contributed by atoms with Crippen LogP contribution in [0.5, 0.6) is 0 Å². The molecule has 0 bridgehead atoms. The fourth-order valence-corrected chi connectivity index (χ4v) is 3.35. The summed E-state index contributed by atoms with van der Waals surface area (Å²) in [6.07, 6.45) is 0.815. The van der Waals surface area contributed by atoms with Crippen LogP contribution in [0.3, 0.4) is 0 Å². The molecule has 0 saturated carbocycles. The molecule has 0 fully saturated rings. The monoisotopic (exact) mass is 341 g/mol. The van der Waals surface area contributed by atoms with Gasteiger partial charge in [0, 0.05) is 17.3 Å². The van der Waals surface area contributed by atoms with Gasteiger partial charge >= 0.3 is 6.09 Å². The fourth-order valence-electron chi connectivity index (χ4n) is 2.39. The normalized spacial score (nSPS) is 11.6. The molecule has 1 amide bonds. The lowest BCUT2D eigenvalue weighted by molar-refractivity contribution is 0.0947. The van der Waals surface area contributed by atoms with E-state index in [1.807, 2.05) is 57.2 Å². The van der Waals surface area contributed by atoms with Gasteiger partial charge in [-0.2, -0.15) is 0 Å². The van der Waals surface area contributed by atoms with E-state index in [1.165, 1.54) is 4.90 Å². The molecule has 3 aromatic rings. The average Bonchev–Trinajstić information content (AvgIpc) is 2.95. The van der Waals surface area contributed by atoms with Gasteiger partial charge in [0.25, 0.3) is 0 Å². The van der Waals surface area contributed by atoms with Crippen LogP contribution < -0.4 is 0 Å². The summed E-state index contributed by atoms with van der Waals surface area (Å²) in [5.41, 5.74) is 2.17. The summed E-state index contributed by atoms with van der Waals surface area (Å²) in [5.74, 6) is 0. The summed E-state index contributed by atoms with van der Waals surface area (Å²) in [5, 5.41) is 10.3. The van der Waals surface area contributed by atoms with Crippen molar-refractivity contribution in [3.63, 3.8) is 0 Å². The van der Waals surface area contributed by atoms with Crippen LogP contribution in [0.2, 0.25) is 0 Å². The summed E-state index contributed by atoms with van der Waals surface area (Å²) >= 11 is 1.62. The van der Waals surface area contributed by atoms with E-state index in [9.17, 15) is 9.90 Å². The minimum absolute atomic E-state index is 0.263. The molecule has 24 heavy (non-hydrogen) atoms. The summed E-state index contributed by atoms with van der Waals surface area (Å²) in [4.78, 5) is 21.8. The number of thiazole rings is 1. The number of aromatic nitrogens is 2. The van der Waals surface area contributed by atoms with Gasteiger partial charge < -0.3 is 5.11 Å². The summed E-state index contributed by atoms with van der Waals surface area (Å²) in [6, 6.07) is 11.8. The van der Waals surface area contributed by atoms with Crippen molar-refractivity contribution in [1.29, 1.82) is 0 Å². The predicted octanol–water partition coefficient (Wildman–Crippen LogP) is 4.64. The van der Waals surface area contributed by atoms with Gasteiger partial charge in [-0.1, -0.05) is 12.1 Å².